The van der Waals surface area contributed by atoms with Crippen LogP contribution in [-0.2, 0) is 6.61 Å². The Morgan fingerprint density at radius 1 is 1.11 bits per heavy atom. The molecule has 1 unspecified atom stereocenters. The molecule has 3 rings (SSSR count). The van der Waals surface area contributed by atoms with Gasteiger partial charge in [-0.2, -0.15) is 0 Å². The highest BCUT2D eigenvalue weighted by Gasteiger charge is 2.16. The van der Waals surface area contributed by atoms with Gasteiger partial charge in [0.2, 0.25) is 5.88 Å². The Labute approximate surface area is 155 Å². The van der Waals surface area contributed by atoms with Crippen molar-refractivity contribution in [3.05, 3.63) is 95.2 Å². The predicted molar refractivity (Wildman–Crippen MR) is 97.3 cm³/mol. The summed E-state index contributed by atoms with van der Waals surface area (Å²) < 4.78 is 32.5. The molecule has 1 N–H and O–H groups in total. The van der Waals surface area contributed by atoms with E-state index in [4.69, 9.17) is 4.74 Å². The van der Waals surface area contributed by atoms with Crippen LogP contribution in [0.5, 0.6) is 5.88 Å². The van der Waals surface area contributed by atoms with Crippen LogP contribution in [0.4, 0.5) is 8.78 Å². The molecular formula is C21H18F2N2O2. The fraction of sp³-hybridized carbons (Fsp3) is 0.143. The summed E-state index contributed by atoms with van der Waals surface area (Å²) in [4.78, 5) is 16.5. The molecule has 0 saturated heterocycles. The lowest BCUT2D eigenvalue weighted by molar-refractivity contribution is 0.0938. The molecule has 27 heavy (non-hydrogen) atoms. The van der Waals surface area contributed by atoms with Gasteiger partial charge in [0.1, 0.15) is 18.2 Å². The van der Waals surface area contributed by atoms with Crippen LogP contribution in [0.15, 0.2) is 66.9 Å². The molecule has 0 spiro atoms. The van der Waals surface area contributed by atoms with Crippen molar-refractivity contribution in [2.24, 2.45) is 0 Å². The van der Waals surface area contributed by atoms with Gasteiger partial charge in [-0.15, -0.1) is 0 Å². The van der Waals surface area contributed by atoms with Crippen LogP contribution in [-0.4, -0.2) is 10.9 Å². The molecule has 0 aliphatic heterocycles. The number of carbonyl (C=O) groups is 1. The maximum absolute atomic E-state index is 13.9. The van der Waals surface area contributed by atoms with E-state index < -0.39 is 23.6 Å². The van der Waals surface area contributed by atoms with E-state index in [1.165, 1.54) is 18.3 Å². The van der Waals surface area contributed by atoms with Gasteiger partial charge in [-0.3, -0.25) is 4.79 Å². The minimum atomic E-state index is -0.704. The Morgan fingerprint density at radius 3 is 2.63 bits per heavy atom. The maximum Gasteiger partial charge on any atom is 0.252 e. The lowest BCUT2D eigenvalue weighted by Gasteiger charge is -2.15. The fourth-order valence-corrected chi connectivity index (χ4v) is 2.57. The minimum Gasteiger partial charge on any atom is -0.473 e. The van der Waals surface area contributed by atoms with Gasteiger partial charge in [0, 0.05) is 29.5 Å². The van der Waals surface area contributed by atoms with E-state index >= 15 is 0 Å². The number of nitrogens with zero attached hydrogens (tertiary/aromatic N) is 1. The van der Waals surface area contributed by atoms with Crippen LogP contribution in [0, 0.1) is 11.6 Å². The number of hydrogen-bond acceptors (Lipinski definition) is 3. The zero-order chi connectivity index (χ0) is 19.2. The first-order valence-electron chi connectivity index (χ1n) is 8.41. The van der Waals surface area contributed by atoms with Crippen molar-refractivity contribution in [1.82, 2.24) is 10.3 Å². The summed E-state index contributed by atoms with van der Waals surface area (Å²) in [5.41, 5.74) is 1.52. The first-order valence-corrected chi connectivity index (χ1v) is 8.41. The van der Waals surface area contributed by atoms with Crippen LogP contribution in [0.1, 0.15) is 34.5 Å². The third-order valence-corrected chi connectivity index (χ3v) is 4.00. The second-order valence-electron chi connectivity index (χ2n) is 6.02. The first-order chi connectivity index (χ1) is 13.0. The number of nitrogens with one attached hydrogen (secondary N) is 1. The smallest absolute Gasteiger partial charge is 0.252 e. The number of hydrogen-bond donors (Lipinski definition) is 1. The summed E-state index contributed by atoms with van der Waals surface area (Å²) in [6.45, 7) is 1.96. The number of rotatable bonds is 6. The van der Waals surface area contributed by atoms with Crippen molar-refractivity contribution in [3.8, 4) is 5.88 Å². The van der Waals surface area contributed by atoms with Crippen molar-refractivity contribution >= 4 is 5.91 Å². The second kappa shape index (κ2) is 8.40. The molecule has 0 aliphatic rings. The molecule has 1 heterocycles. The normalized spacial score (nSPS) is 11.7. The molecule has 0 fully saturated rings. The predicted octanol–water partition coefficient (Wildman–Crippen LogP) is 4.43. The summed E-state index contributed by atoms with van der Waals surface area (Å²) in [6, 6.07) is 15.3. The number of amides is 1. The number of ether oxygens (including phenoxy) is 1. The van der Waals surface area contributed by atoms with Gasteiger partial charge in [-0.05, 0) is 24.6 Å². The largest absolute Gasteiger partial charge is 0.473 e. The molecule has 0 bridgehead atoms. The molecule has 3 aromatic rings. The minimum absolute atomic E-state index is 0.208. The van der Waals surface area contributed by atoms with E-state index in [1.807, 2.05) is 30.3 Å². The molecule has 1 atom stereocenters. The van der Waals surface area contributed by atoms with Gasteiger partial charge in [0.15, 0.2) is 0 Å². The quantitative estimate of drug-likeness (QED) is 0.700. The van der Waals surface area contributed by atoms with E-state index in [2.05, 4.69) is 10.3 Å². The van der Waals surface area contributed by atoms with Gasteiger partial charge in [-0.1, -0.05) is 36.4 Å². The van der Waals surface area contributed by atoms with Crippen molar-refractivity contribution in [1.29, 1.82) is 0 Å². The zero-order valence-corrected chi connectivity index (χ0v) is 14.7. The molecule has 0 aliphatic carbocycles. The third kappa shape index (κ3) is 4.88. The molecular weight excluding hydrogens is 350 g/mol. The molecule has 6 heteroatoms. The Bertz CT molecular complexity index is 932. The van der Waals surface area contributed by atoms with E-state index in [1.54, 1.807) is 13.0 Å². The Balaban J connectivity index is 1.66. The highest BCUT2D eigenvalue weighted by molar-refractivity contribution is 5.94. The topological polar surface area (TPSA) is 51.2 Å². The summed E-state index contributed by atoms with van der Waals surface area (Å²) >= 11 is 0. The highest BCUT2D eigenvalue weighted by Crippen LogP contribution is 2.19. The van der Waals surface area contributed by atoms with Crippen molar-refractivity contribution in [2.75, 3.05) is 0 Å². The van der Waals surface area contributed by atoms with Crippen LogP contribution >= 0.6 is 0 Å². The number of benzene rings is 2. The second-order valence-corrected chi connectivity index (χ2v) is 6.02. The van der Waals surface area contributed by atoms with E-state index in [0.29, 0.717) is 18.1 Å². The summed E-state index contributed by atoms with van der Waals surface area (Å²) in [5.74, 6) is -1.46. The van der Waals surface area contributed by atoms with Crippen molar-refractivity contribution in [3.63, 3.8) is 0 Å². The summed E-state index contributed by atoms with van der Waals surface area (Å²) in [7, 11) is 0. The van der Waals surface area contributed by atoms with Gasteiger partial charge < -0.3 is 10.1 Å². The van der Waals surface area contributed by atoms with Gasteiger partial charge in [0.25, 0.3) is 5.91 Å². The summed E-state index contributed by atoms with van der Waals surface area (Å²) in [5, 5.41) is 2.69. The molecule has 138 valence electrons. The van der Waals surface area contributed by atoms with Crippen molar-refractivity contribution in [2.45, 2.75) is 19.6 Å². The number of carbonyl (C=O) groups excluding carboxylic acids is 1. The highest BCUT2D eigenvalue weighted by atomic mass is 19.1. The van der Waals surface area contributed by atoms with Crippen molar-refractivity contribution < 1.29 is 18.3 Å². The monoisotopic (exact) mass is 368 g/mol. The number of aromatic nitrogens is 1. The zero-order valence-electron chi connectivity index (χ0n) is 14.7. The SMILES string of the molecule is CC(NC(=O)c1ccnc(OCc2ccccc2)c1)c1ccc(F)cc1F. The molecule has 1 amide bonds. The molecule has 0 radical (unpaired) electrons. The van der Waals surface area contributed by atoms with E-state index in [0.717, 1.165) is 17.7 Å². The Hall–Kier alpha value is -3.28. The molecule has 1 aromatic heterocycles. The Kier molecular flexibility index (Phi) is 5.76. The first kappa shape index (κ1) is 18.5. The van der Waals surface area contributed by atoms with Crippen LogP contribution in [0.2, 0.25) is 0 Å². The van der Waals surface area contributed by atoms with Crippen LogP contribution in [0.25, 0.3) is 0 Å². The molecule has 4 nitrogen and oxygen atoms in total. The van der Waals surface area contributed by atoms with E-state index in [-0.39, 0.29) is 5.56 Å². The maximum atomic E-state index is 13.9. The van der Waals surface area contributed by atoms with Gasteiger partial charge in [0.05, 0.1) is 6.04 Å². The van der Waals surface area contributed by atoms with Gasteiger partial charge >= 0.3 is 0 Å². The lowest BCUT2D eigenvalue weighted by Crippen LogP contribution is -2.27. The fourth-order valence-electron chi connectivity index (χ4n) is 2.57. The average molecular weight is 368 g/mol. The number of pyridine rings is 1. The summed E-state index contributed by atoms with van der Waals surface area (Å²) in [6.07, 6.45) is 1.47. The molecule has 0 saturated carbocycles. The Morgan fingerprint density at radius 2 is 1.89 bits per heavy atom. The third-order valence-electron chi connectivity index (χ3n) is 4.00. The standard InChI is InChI=1S/C21H18F2N2O2/c1-14(18-8-7-17(22)12-19(18)23)25-21(26)16-9-10-24-20(11-16)27-13-15-5-3-2-4-6-15/h2-12,14H,13H2,1H3,(H,25,26). The van der Waals surface area contributed by atoms with Crippen LogP contribution in [0.3, 0.4) is 0 Å². The average Bonchev–Trinajstić information content (AvgIpc) is 2.67. The number of halogens is 2. The van der Waals surface area contributed by atoms with Crippen LogP contribution < -0.4 is 10.1 Å². The van der Waals surface area contributed by atoms with Gasteiger partial charge in [-0.25, -0.2) is 13.8 Å². The lowest BCUT2D eigenvalue weighted by atomic mass is 10.1. The van der Waals surface area contributed by atoms with E-state index in [9.17, 15) is 13.6 Å². The molecule has 2 aromatic carbocycles.